The lowest BCUT2D eigenvalue weighted by atomic mass is 10.0. The minimum atomic E-state index is -4.59. The first-order valence-corrected chi connectivity index (χ1v) is 6.12. The van der Waals surface area contributed by atoms with E-state index in [2.05, 4.69) is 4.74 Å². The molecule has 0 bridgehead atoms. The molecule has 0 aromatic heterocycles. The number of esters is 1. The van der Waals surface area contributed by atoms with E-state index in [1.54, 1.807) is 6.92 Å². The Morgan fingerprint density at radius 1 is 1.38 bits per heavy atom. The SMILES string of the molecule is CCOC(=O)C[C@H](N)c1cccc(OC(F)(F)C(F)F)c1. The zero-order valence-corrected chi connectivity index (χ0v) is 11.2. The van der Waals surface area contributed by atoms with Crippen LogP contribution in [0.25, 0.3) is 0 Å². The summed E-state index contributed by atoms with van der Waals surface area (Å²) < 4.78 is 58.4. The second-order valence-corrected chi connectivity index (χ2v) is 4.15. The van der Waals surface area contributed by atoms with Crippen LogP contribution >= 0.6 is 0 Å². The monoisotopic (exact) mass is 309 g/mol. The summed E-state index contributed by atoms with van der Waals surface area (Å²) in [5, 5.41) is 0. The maximum atomic E-state index is 12.8. The number of carbonyl (C=O) groups is 1. The Balaban J connectivity index is 2.78. The fourth-order valence-electron chi connectivity index (χ4n) is 1.53. The van der Waals surface area contributed by atoms with Gasteiger partial charge < -0.3 is 15.2 Å². The van der Waals surface area contributed by atoms with E-state index < -0.39 is 30.3 Å². The highest BCUT2D eigenvalue weighted by atomic mass is 19.3. The maximum absolute atomic E-state index is 12.8. The number of benzene rings is 1. The Morgan fingerprint density at radius 2 is 2.05 bits per heavy atom. The number of halogens is 4. The molecule has 0 unspecified atom stereocenters. The van der Waals surface area contributed by atoms with Crippen molar-refractivity contribution in [1.29, 1.82) is 0 Å². The summed E-state index contributed by atoms with van der Waals surface area (Å²) in [7, 11) is 0. The van der Waals surface area contributed by atoms with E-state index in [0.29, 0.717) is 5.56 Å². The molecule has 8 heteroatoms. The number of hydrogen-bond donors (Lipinski definition) is 1. The second kappa shape index (κ2) is 7.26. The van der Waals surface area contributed by atoms with Crippen molar-refractivity contribution in [3.05, 3.63) is 29.8 Å². The van der Waals surface area contributed by atoms with Gasteiger partial charge in [0, 0.05) is 6.04 Å². The number of ether oxygens (including phenoxy) is 2. The molecule has 0 fully saturated rings. The van der Waals surface area contributed by atoms with Crippen molar-refractivity contribution >= 4 is 5.97 Å². The fraction of sp³-hybridized carbons (Fsp3) is 0.462. The van der Waals surface area contributed by atoms with E-state index in [1.165, 1.54) is 12.1 Å². The Kier molecular flexibility index (Phi) is 5.95. The van der Waals surface area contributed by atoms with Gasteiger partial charge in [0.15, 0.2) is 0 Å². The van der Waals surface area contributed by atoms with Crippen molar-refractivity contribution < 1.29 is 31.8 Å². The van der Waals surface area contributed by atoms with E-state index in [9.17, 15) is 22.4 Å². The summed E-state index contributed by atoms with van der Waals surface area (Å²) in [5.41, 5.74) is 6.02. The highest BCUT2D eigenvalue weighted by molar-refractivity contribution is 5.70. The lowest BCUT2D eigenvalue weighted by Gasteiger charge is -2.18. The number of hydrogen-bond acceptors (Lipinski definition) is 4. The molecular formula is C13H15F4NO3. The molecule has 0 aliphatic carbocycles. The third kappa shape index (κ3) is 5.22. The minimum Gasteiger partial charge on any atom is -0.466 e. The Morgan fingerprint density at radius 3 is 2.62 bits per heavy atom. The molecule has 1 aromatic carbocycles. The summed E-state index contributed by atoms with van der Waals surface area (Å²) >= 11 is 0. The van der Waals surface area contributed by atoms with Crippen molar-refractivity contribution in [2.24, 2.45) is 5.73 Å². The second-order valence-electron chi connectivity index (χ2n) is 4.15. The minimum absolute atomic E-state index is 0.164. The molecule has 2 N–H and O–H groups in total. The van der Waals surface area contributed by atoms with Gasteiger partial charge in [-0.05, 0) is 24.6 Å². The molecule has 1 rings (SSSR count). The van der Waals surface area contributed by atoms with Crippen LogP contribution in [-0.2, 0) is 9.53 Å². The Bertz CT molecular complexity index is 482. The largest absolute Gasteiger partial charge is 0.466 e. The predicted molar refractivity (Wildman–Crippen MR) is 66.2 cm³/mol. The Hall–Kier alpha value is -1.83. The molecule has 118 valence electrons. The van der Waals surface area contributed by atoms with Gasteiger partial charge in [-0.15, -0.1) is 0 Å². The van der Waals surface area contributed by atoms with Crippen LogP contribution in [0.3, 0.4) is 0 Å². The normalized spacial score (nSPS) is 13.1. The molecule has 21 heavy (non-hydrogen) atoms. The first kappa shape index (κ1) is 17.2. The zero-order chi connectivity index (χ0) is 16.0. The van der Waals surface area contributed by atoms with Crippen molar-refractivity contribution in [2.75, 3.05) is 6.61 Å². The molecule has 4 nitrogen and oxygen atoms in total. The molecule has 0 heterocycles. The van der Waals surface area contributed by atoms with Gasteiger partial charge in [0.25, 0.3) is 0 Å². The maximum Gasteiger partial charge on any atom is 0.461 e. The number of nitrogens with two attached hydrogens (primary N) is 1. The number of rotatable bonds is 7. The van der Waals surface area contributed by atoms with Crippen LogP contribution in [0.15, 0.2) is 24.3 Å². The average Bonchev–Trinajstić information content (AvgIpc) is 2.38. The van der Waals surface area contributed by atoms with E-state index in [1.807, 2.05) is 0 Å². The molecule has 0 saturated carbocycles. The van der Waals surface area contributed by atoms with Gasteiger partial charge in [0.1, 0.15) is 5.75 Å². The third-order valence-electron chi connectivity index (χ3n) is 2.49. The molecule has 0 aliphatic heterocycles. The molecule has 0 saturated heterocycles. The summed E-state index contributed by atoms with van der Waals surface area (Å²) in [6.07, 6.45) is -8.71. The number of alkyl halides is 4. The standard InChI is InChI=1S/C13H15F4NO3/c1-2-20-11(19)7-10(18)8-4-3-5-9(6-8)21-13(16,17)12(14)15/h3-6,10,12H,2,7,18H2,1H3/t10-/m0/s1. The van der Waals surface area contributed by atoms with E-state index in [-0.39, 0.29) is 13.0 Å². The van der Waals surface area contributed by atoms with Gasteiger partial charge in [-0.2, -0.15) is 17.6 Å². The zero-order valence-electron chi connectivity index (χ0n) is 11.2. The van der Waals surface area contributed by atoms with Gasteiger partial charge >= 0.3 is 18.5 Å². The van der Waals surface area contributed by atoms with Crippen LogP contribution in [0, 0.1) is 0 Å². The molecule has 0 radical (unpaired) electrons. The van der Waals surface area contributed by atoms with Gasteiger partial charge in [0.2, 0.25) is 0 Å². The lowest BCUT2D eigenvalue weighted by Crippen LogP contribution is -2.33. The molecule has 1 atom stereocenters. The smallest absolute Gasteiger partial charge is 0.461 e. The van der Waals surface area contributed by atoms with Crippen LogP contribution in [0.2, 0.25) is 0 Å². The van der Waals surface area contributed by atoms with Crippen LogP contribution < -0.4 is 10.5 Å². The topological polar surface area (TPSA) is 61.5 Å². The fourth-order valence-corrected chi connectivity index (χ4v) is 1.53. The van der Waals surface area contributed by atoms with Crippen molar-refractivity contribution in [2.45, 2.75) is 31.9 Å². The van der Waals surface area contributed by atoms with E-state index >= 15 is 0 Å². The molecule has 1 aromatic rings. The van der Waals surface area contributed by atoms with Crippen LogP contribution in [0.5, 0.6) is 5.75 Å². The molecule has 0 aliphatic rings. The molecule has 0 amide bonds. The summed E-state index contributed by atoms with van der Waals surface area (Å²) in [6, 6.07) is 4.15. The Labute approximate surface area is 118 Å². The van der Waals surface area contributed by atoms with Crippen molar-refractivity contribution in [1.82, 2.24) is 0 Å². The highest BCUT2D eigenvalue weighted by Crippen LogP contribution is 2.29. The quantitative estimate of drug-likeness (QED) is 0.621. The summed E-state index contributed by atoms with van der Waals surface area (Å²) in [6.45, 7) is 1.82. The van der Waals surface area contributed by atoms with Crippen LogP contribution in [-0.4, -0.2) is 25.1 Å². The average molecular weight is 309 g/mol. The predicted octanol–water partition coefficient (Wildman–Crippen LogP) is 2.88. The van der Waals surface area contributed by atoms with Gasteiger partial charge in [-0.25, -0.2) is 0 Å². The molecular weight excluding hydrogens is 294 g/mol. The van der Waals surface area contributed by atoms with Crippen LogP contribution in [0.4, 0.5) is 17.6 Å². The third-order valence-corrected chi connectivity index (χ3v) is 2.49. The summed E-state index contributed by atoms with van der Waals surface area (Å²) in [4.78, 5) is 11.3. The first-order valence-electron chi connectivity index (χ1n) is 6.12. The van der Waals surface area contributed by atoms with Crippen molar-refractivity contribution in [3.63, 3.8) is 0 Å². The highest BCUT2D eigenvalue weighted by Gasteiger charge is 2.44. The van der Waals surface area contributed by atoms with E-state index in [0.717, 1.165) is 12.1 Å². The molecule has 0 spiro atoms. The van der Waals surface area contributed by atoms with Gasteiger partial charge in [-0.3, -0.25) is 4.79 Å². The van der Waals surface area contributed by atoms with Crippen LogP contribution in [0.1, 0.15) is 24.9 Å². The summed E-state index contributed by atoms with van der Waals surface area (Å²) in [5.74, 6) is -1.01. The van der Waals surface area contributed by atoms with E-state index in [4.69, 9.17) is 10.5 Å². The van der Waals surface area contributed by atoms with Crippen molar-refractivity contribution in [3.8, 4) is 5.75 Å². The number of carbonyl (C=O) groups excluding carboxylic acids is 1. The van der Waals surface area contributed by atoms with Gasteiger partial charge in [0.05, 0.1) is 13.0 Å². The lowest BCUT2D eigenvalue weighted by molar-refractivity contribution is -0.253. The first-order chi connectivity index (χ1) is 9.76. The van der Waals surface area contributed by atoms with Gasteiger partial charge in [-0.1, -0.05) is 12.1 Å².